The van der Waals surface area contributed by atoms with Crippen molar-refractivity contribution in [3.8, 4) is 34.5 Å². The third kappa shape index (κ3) is 3.60. The minimum Gasteiger partial charge on any atom is -0.494 e. The second-order valence-electron chi connectivity index (χ2n) is 8.04. The van der Waals surface area contributed by atoms with Gasteiger partial charge >= 0.3 is 0 Å². The summed E-state index contributed by atoms with van der Waals surface area (Å²) in [7, 11) is 3.10. The zero-order valence-corrected chi connectivity index (χ0v) is 18.7. The third-order valence-corrected chi connectivity index (χ3v) is 6.03. The van der Waals surface area contributed by atoms with E-state index in [9.17, 15) is 10.2 Å². The van der Waals surface area contributed by atoms with Gasteiger partial charge in [0, 0.05) is 30.5 Å². The van der Waals surface area contributed by atoms with E-state index in [0.717, 1.165) is 35.7 Å². The maximum atomic E-state index is 11.0. The van der Waals surface area contributed by atoms with E-state index in [4.69, 9.17) is 14.5 Å². The first-order valence-electron chi connectivity index (χ1n) is 10.7. The predicted octanol–water partition coefficient (Wildman–Crippen LogP) is 3.08. The summed E-state index contributed by atoms with van der Waals surface area (Å²) in [5.41, 5.74) is 3.70. The van der Waals surface area contributed by atoms with Crippen molar-refractivity contribution >= 4 is 16.7 Å². The van der Waals surface area contributed by atoms with Crippen LogP contribution in [-0.2, 0) is 0 Å². The second-order valence-corrected chi connectivity index (χ2v) is 8.04. The standard InChI is InChI=1S/C24H25N5O4/c1-14-22-18(5-6-19(27-22)15-10-20(32-2)23(33-3)26-11-15)24(31)29(14)16-4-7-21(25-12-16)28-9-8-17(30)13-28/h4-7,10-12,17,30-31H,8-9,13H2,1-3H3. The number of rotatable bonds is 5. The van der Waals surface area contributed by atoms with Crippen molar-refractivity contribution < 1.29 is 19.7 Å². The summed E-state index contributed by atoms with van der Waals surface area (Å²) >= 11 is 0. The number of aromatic nitrogens is 4. The first-order chi connectivity index (χ1) is 16.0. The Hall–Kier alpha value is -3.85. The Bertz CT molecular complexity index is 1320. The van der Waals surface area contributed by atoms with Crippen LogP contribution in [0.5, 0.6) is 17.5 Å². The molecule has 1 aliphatic rings. The lowest BCUT2D eigenvalue weighted by Gasteiger charge is -2.17. The summed E-state index contributed by atoms with van der Waals surface area (Å²) in [5.74, 6) is 1.84. The molecule has 0 aliphatic carbocycles. The Balaban J connectivity index is 1.53. The zero-order valence-electron chi connectivity index (χ0n) is 18.7. The number of pyridine rings is 3. The average molecular weight is 447 g/mol. The number of fused-ring (bicyclic) bond motifs is 1. The van der Waals surface area contributed by atoms with Crippen molar-refractivity contribution in [1.29, 1.82) is 0 Å². The maximum Gasteiger partial charge on any atom is 0.256 e. The first-order valence-corrected chi connectivity index (χ1v) is 10.7. The number of methoxy groups -OCH3 is 2. The molecule has 5 rings (SSSR count). The number of aryl methyl sites for hydroxylation is 1. The molecule has 170 valence electrons. The molecule has 4 aromatic rings. The highest BCUT2D eigenvalue weighted by molar-refractivity contribution is 5.90. The number of aliphatic hydroxyl groups is 1. The molecule has 0 bridgehead atoms. The van der Waals surface area contributed by atoms with Gasteiger partial charge in [0.1, 0.15) is 5.82 Å². The molecule has 0 spiro atoms. The van der Waals surface area contributed by atoms with Gasteiger partial charge in [0.25, 0.3) is 5.88 Å². The highest BCUT2D eigenvalue weighted by atomic mass is 16.5. The molecule has 0 aromatic carbocycles. The predicted molar refractivity (Wildman–Crippen MR) is 124 cm³/mol. The van der Waals surface area contributed by atoms with Gasteiger partial charge in [-0.3, -0.25) is 4.57 Å². The number of anilines is 1. The fourth-order valence-corrected chi connectivity index (χ4v) is 4.30. The molecule has 9 nitrogen and oxygen atoms in total. The van der Waals surface area contributed by atoms with Crippen LogP contribution in [0.2, 0.25) is 0 Å². The van der Waals surface area contributed by atoms with Gasteiger partial charge < -0.3 is 24.6 Å². The van der Waals surface area contributed by atoms with Gasteiger partial charge in [-0.2, -0.15) is 0 Å². The molecule has 0 saturated carbocycles. The summed E-state index contributed by atoms with van der Waals surface area (Å²) in [6.45, 7) is 3.28. The van der Waals surface area contributed by atoms with Gasteiger partial charge in [0.2, 0.25) is 5.88 Å². The normalized spacial score (nSPS) is 15.9. The Kier molecular flexibility index (Phi) is 5.26. The van der Waals surface area contributed by atoms with E-state index in [1.54, 1.807) is 31.2 Å². The first kappa shape index (κ1) is 21.0. The number of β-amino-alcohol motifs (C(OH)–C–C–N with tert-alkyl or cyclic N) is 1. The number of aliphatic hydroxyl groups excluding tert-OH is 1. The van der Waals surface area contributed by atoms with Crippen LogP contribution in [0.3, 0.4) is 0 Å². The number of aromatic hydroxyl groups is 1. The molecular formula is C24H25N5O4. The van der Waals surface area contributed by atoms with Crippen LogP contribution >= 0.6 is 0 Å². The Morgan fingerprint density at radius 3 is 2.58 bits per heavy atom. The smallest absolute Gasteiger partial charge is 0.256 e. The molecule has 1 saturated heterocycles. The zero-order chi connectivity index (χ0) is 23.1. The largest absolute Gasteiger partial charge is 0.494 e. The lowest BCUT2D eigenvalue weighted by molar-refractivity contribution is 0.198. The molecule has 9 heteroatoms. The highest BCUT2D eigenvalue weighted by Gasteiger charge is 2.22. The molecule has 0 radical (unpaired) electrons. The summed E-state index contributed by atoms with van der Waals surface area (Å²) < 4.78 is 12.3. The van der Waals surface area contributed by atoms with E-state index in [-0.39, 0.29) is 12.0 Å². The number of hydrogen-bond acceptors (Lipinski definition) is 8. The molecule has 2 N–H and O–H groups in total. The van der Waals surface area contributed by atoms with Crippen LogP contribution < -0.4 is 14.4 Å². The molecule has 5 heterocycles. The van der Waals surface area contributed by atoms with Crippen LogP contribution in [0.15, 0.2) is 42.7 Å². The van der Waals surface area contributed by atoms with Crippen LogP contribution in [0, 0.1) is 6.92 Å². The minimum atomic E-state index is -0.311. The van der Waals surface area contributed by atoms with Gasteiger partial charge in [-0.1, -0.05) is 0 Å². The van der Waals surface area contributed by atoms with E-state index in [1.807, 2.05) is 37.3 Å². The summed E-state index contributed by atoms with van der Waals surface area (Å²) in [6.07, 6.45) is 3.84. The lowest BCUT2D eigenvalue weighted by atomic mass is 10.1. The molecule has 1 fully saturated rings. The SMILES string of the molecule is COc1cc(-c2ccc3c(O)n(-c4ccc(N5CCC(O)C5)nc4)c(C)c3n2)cnc1OC. The molecule has 1 aliphatic heterocycles. The van der Waals surface area contributed by atoms with Crippen molar-refractivity contribution in [3.63, 3.8) is 0 Å². The molecular weight excluding hydrogens is 422 g/mol. The summed E-state index contributed by atoms with van der Waals surface area (Å²) in [4.78, 5) is 15.7. The molecule has 33 heavy (non-hydrogen) atoms. The van der Waals surface area contributed by atoms with Gasteiger partial charge in [0.15, 0.2) is 5.75 Å². The highest BCUT2D eigenvalue weighted by Crippen LogP contribution is 2.36. The van der Waals surface area contributed by atoms with Crippen LogP contribution in [-0.4, -0.2) is 63.1 Å². The third-order valence-electron chi connectivity index (χ3n) is 6.03. The Labute approximate surface area is 190 Å². The van der Waals surface area contributed by atoms with Crippen LogP contribution in [0.25, 0.3) is 27.8 Å². The van der Waals surface area contributed by atoms with Crippen LogP contribution in [0.4, 0.5) is 5.82 Å². The van der Waals surface area contributed by atoms with Crippen molar-refractivity contribution in [2.24, 2.45) is 0 Å². The number of ether oxygens (including phenoxy) is 2. The van der Waals surface area contributed by atoms with E-state index in [0.29, 0.717) is 34.8 Å². The van der Waals surface area contributed by atoms with Crippen molar-refractivity contribution in [3.05, 3.63) is 48.4 Å². The average Bonchev–Trinajstić information content (AvgIpc) is 3.39. The second kappa shape index (κ2) is 8.25. The van der Waals surface area contributed by atoms with Gasteiger partial charge in [0.05, 0.1) is 48.8 Å². The minimum absolute atomic E-state index is 0.109. The summed E-state index contributed by atoms with van der Waals surface area (Å²) in [5, 5.41) is 21.4. The van der Waals surface area contributed by atoms with E-state index in [1.165, 1.54) is 0 Å². The fraction of sp³-hybridized carbons (Fsp3) is 0.292. The number of hydrogen-bond donors (Lipinski definition) is 2. The van der Waals surface area contributed by atoms with E-state index >= 15 is 0 Å². The van der Waals surface area contributed by atoms with E-state index in [2.05, 4.69) is 14.9 Å². The van der Waals surface area contributed by atoms with E-state index < -0.39 is 0 Å². The van der Waals surface area contributed by atoms with Crippen molar-refractivity contribution in [2.75, 3.05) is 32.2 Å². The molecule has 1 atom stereocenters. The van der Waals surface area contributed by atoms with Crippen molar-refractivity contribution in [1.82, 2.24) is 19.5 Å². The quantitative estimate of drug-likeness (QED) is 0.481. The maximum absolute atomic E-state index is 11.0. The Morgan fingerprint density at radius 2 is 1.91 bits per heavy atom. The molecule has 0 amide bonds. The van der Waals surface area contributed by atoms with Crippen molar-refractivity contribution in [2.45, 2.75) is 19.4 Å². The Morgan fingerprint density at radius 1 is 1.06 bits per heavy atom. The van der Waals surface area contributed by atoms with Crippen LogP contribution in [0.1, 0.15) is 12.1 Å². The fourth-order valence-electron chi connectivity index (χ4n) is 4.30. The molecule has 4 aromatic heterocycles. The monoisotopic (exact) mass is 447 g/mol. The lowest BCUT2D eigenvalue weighted by Crippen LogP contribution is -2.22. The van der Waals surface area contributed by atoms with Gasteiger partial charge in [-0.25, -0.2) is 15.0 Å². The molecule has 1 unspecified atom stereocenters. The number of nitrogens with zero attached hydrogens (tertiary/aromatic N) is 5. The van der Waals surface area contributed by atoms with Gasteiger partial charge in [-0.15, -0.1) is 0 Å². The summed E-state index contributed by atoms with van der Waals surface area (Å²) in [6, 6.07) is 9.34. The van der Waals surface area contributed by atoms with Gasteiger partial charge in [-0.05, 0) is 43.7 Å². The topological polar surface area (TPSA) is 106 Å².